The second kappa shape index (κ2) is 17.6. The van der Waals surface area contributed by atoms with Crippen molar-refractivity contribution in [2.45, 2.75) is 102 Å². The van der Waals surface area contributed by atoms with E-state index in [2.05, 4.69) is 32.1 Å². The van der Waals surface area contributed by atoms with E-state index in [0.717, 1.165) is 57.8 Å². The Morgan fingerprint density at radius 3 is 2.49 bits per heavy atom. The van der Waals surface area contributed by atoms with Gasteiger partial charge in [0.05, 0.1) is 0 Å². The molecule has 0 aromatic heterocycles. The molecule has 0 N–H and O–H groups in total. The van der Waals surface area contributed by atoms with Gasteiger partial charge in [0.2, 0.25) is 0 Å². The summed E-state index contributed by atoms with van der Waals surface area (Å²) < 4.78 is 11.9. The van der Waals surface area contributed by atoms with Crippen molar-refractivity contribution in [1.29, 1.82) is 0 Å². The molecule has 0 bridgehead atoms. The predicted molar refractivity (Wildman–Crippen MR) is 150 cm³/mol. The molecule has 1 fully saturated rings. The van der Waals surface area contributed by atoms with Crippen LogP contribution in [0.5, 0.6) is 0 Å². The molecule has 0 saturated heterocycles. The Hall–Kier alpha value is -1.91. The summed E-state index contributed by atoms with van der Waals surface area (Å²) in [6.45, 7) is 5.81. The van der Waals surface area contributed by atoms with Gasteiger partial charge in [0, 0.05) is 0 Å². The molecule has 37 heavy (non-hydrogen) atoms. The molecule has 1 aromatic carbocycles. The minimum atomic E-state index is -0.232. The molecule has 1 saturated carbocycles. The molecule has 1 aliphatic rings. The minimum absolute atomic E-state index is 0.0523. The molecule has 5 atom stereocenters. The number of methoxy groups -OCH3 is 1. The van der Waals surface area contributed by atoms with E-state index in [4.69, 9.17) is 9.47 Å². The number of unbranched alkanes of at least 4 members (excludes halogenated alkanes) is 3. The number of ether oxygens (including phenoxy) is 2. The molecule has 2 rings (SSSR count). The van der Waals surface area contributed by atoms with Crippen LogP contribution in [0, 0.1) is 17.8 Å². The zero-order valence-corrected chi connectivity index (χ0v) is 24.9. The summed E-state index contributed by atoms with van der Waals surface area (Å²) >= 11 is 0.0523. The average Bonchev–Trinajstić information content (AvgIpc) is 3.25. The molecule has 0 spiro atoms. The first-order valence-electron chi connectivity index (χ1n) is 14.0. The van der Waals surface area contributed by atoms with Crippen molar-refractivity contribution in [3.63, 3.8) is 0 Å². The summed E-state index contributed by atoms with van der Waals surface area (Å²) in [4.78, 5) is 36.5. The molecular weight excluding hydrogens is 531 g/mol. The van der Waals surface area contributed by atoms with Crippen molar-refractivity contribution in [1.82, 2.24) is 0 Å². The molecule has 0 amide bonds. The topological polar surface area (TPSA) is 69.7 Å². The van der Waals surface area contributed by atoms with E-state index in [1.165, 1.54) is 24.9 Å². The van der Waals surface area contributed by atoms with E-state index in [9.17, 15) is 14.4 Å². The first-order valence-corrected chi connectivity index (χ1v) is 15.9. The van der Waals surface area contributed by atoms with Crippen LogP contribution in [-0.4, -0.2) is 45.9 Å². The number of carbonyl (C=O) groups excluding carboxylic acids is 3. The number of allylic oxidation sites excluding steroid dienone is 2. The summed E-state index contributed by atoms with van der Waals surface area (Å²) in [7, 11) is 1.47. The van der Waals surface area contributed by atoms with Crippen molar-refractivity contribution in [2.75, 3.05) is 7.11 Å². The van der Waals surface area contributed by atoms with Gasteiger partial charge in [-0.05, 0) is 5.92 Å². The molecule has 206 valence electrons. The van der Waals surface area contributed by atoms with E-state index in [0.29, 0.717) is 12.3 Å². The monoisotopic (exact) mass is 578 g/mol. The number of rotatable bonds is 17. The van der Waals surface area contributed by atoms with Crippen molar-refractivity contribution in [3.8, 4) is 0 Å². The molecule has 5 nitrogen and oxygen atoms in total. The fourth-order valence-electron chi connectivity index (χ4n) is 5.26. The number of benzene rings is 1. The Morgan fingerprint density at radius 2 is 1.81 bits per heavy atom. The first-order chi connectivity index (χ1) is 17.8. The maximum absolute atomic E-state index is 12.5. The zero-order chi connectivity index (χ0) is 27.0. The predicted octanol–water partition coefficient (Wildman–Crippen LogP) is 6.23. The van der Waals surface area contributed by atoms with E-state index in [-0.39, 0.29) is 55.4 Å². The van der Waals surface area contributed by atoms with Crippen molar-refractivity contribution >= 4 is 37.1 Å². The summed E-state index contributed by atoms with van der Waals surface area (Å²) in [5, 5.41) is 0. The molecular formula is C31H46O5Se. The van der Waals surface area contributed by atoms with Gasteiger partial charge in [-0.15, -0.1) is 0 Å². The molecule has 0 aliphatic heterocycles. The molecule has 0 heterocycles. The van der Waals surface area contributed by atoms with Crippen LogP contribution >= 0.6 is 0 Å². The van der Waals surface area contributed by atoms with Gasteiger partial charge in [-0.1, -0.05) is 33.1 Å². The van der Waals surface area contributed by atoms with Gasteiger partial charge in [0.25, 0.3) is 0 Å². The fourth-order valence-corrected chi connectivity index (χ4v) is 7.61. The Bertz CT molecular complexity index is 852. The van der Waals surface area contributed by atoms with Crippen LogP contribution in [0.15, 0.2) is 42.5 Å². The third-order valence-electron chi connectivity index (χ3n) is 7.25. The van der Waals surface area contributed by atoms with Gasteiger partial charge >= 0.3 is 192 Å². The normalized spacial score (nSPS) is 21.0. The molecule has 6 heteroatoms. The average molecular weight is 578 g/mol. The van der Waals surface area contributed by atoms with Gasteiger partial charge in [0.15, 0.2) is 0 Å². The summed E-state index contributed by atoms with van der Waals surface area (Å²) in [5.74, 6) is 0.784. The zero-order valence-electron chi connectivity index (χ0n) is 23.2. The molecule has 1 aliphatic carbocycles. The third-order valence-corrected chi connectivity index (χ3v) is 9.89. The van der Waals surface area contributed by atoms with Crippen LogP contribution in [0.4, 0.5) is 0 Å². The van der Waals surface area contributed by atoms with Crippen molar-refractivity contribution in [2.24, 2.45) is 17.8 Å². The molecule has 1 unspecified atom stereocenters. The SMILES string of the molecule is CCCC[C@H](C)CC(=O)/C=C/[C@@H]1CC[C@H](OC(C)=O)[C@@H]1CCCCCC([Se]c1ccccc1)C(=O)OC. The number of ketones is 1. The van der Waals surface area contributed by atoms with Crippen molar-refractivity contribution in [3.05, 3.63) is 42.5 Å². The number of esters is 2. The van der Waals surface area contributed by atoms with Gasteiger partial charge in [-0.3, -0.25) is 0 Å². The number of hydrogen-bond donors (Lipinski definition) is 0. The Morgan fingerprint density at radius 1 is 1.05 bits per heavy atom. The van der Waals surface area contributed by atoms with Crippen LogP contribution in [0.25, 0.3) is 0 Å². The second-order valence-electron chi connectivity index (χ2n) is 10.4. The third kappa shape index (κ3) is 12.0. The second-order valence-corrected chi connectivity index (χ2v) is 13.1. The number of hydrogen-bond acceptors (Lipinski definition) is 5. The Labute approximate surface area is 230 Å². The first kappa shape index (κ1) is 31.3. The summed E-state index contributed by atoms with van der Waals surface area (Å²) in [5.41, 5.74) is 0. The van der Waals surface area contributed by atoms with Crippen molar-refractivity contribution < 1.29 is 23.9 Å². The summed E-state index contributed by atoms with van der Waals surface area (Å²) in [6, 6.07) is 10.2. The van der Waals surface area contributed by atoms with Crippen LogP contribution in [-0.2, 0) is 23.9 Å². The van der Waals surface area contributed by atoms with Gasteiger partial charge < -0.3 is 0 Å². The molecule has 0 radical (unpaired) electrons. The van der Waals surface area contributed by atoms with Gasteiger partial charge in [-0.2, -0.15) is 0 Å². The maximum atomic E-state index is 12.5. The van der Waals surface area contributed by atoms with E-state index >= 15 is 0 Å². The molecule has 1 aromatic rings. The van der Waals surface area contributed by atoms with E-state index < -0.39 is 0 Å². The van der Waals surface area contributed by atoms with Gasteiger partial charge in [-0.25, -0.2) is 0 Å². The Balaban J connectivity index is 1.86. The fraction of sp³-hybridized carbons (Fsp3) is 0.645. The van der Waals surface area contributed by atoms with E-state index in [1.807, 2.05) is 18.2 Å². The van der Waals surface area contributed by atoms with Gasteiger partial charge in [0.1, 0.15) is 0 Å². The van der Waals surface area contributed by atoms with Crippen LogP contribution in [0.3, 0.4) is 0 Å². The van der Waals surface area contributed by atoms with E-state index in [1.54, 1.807) is 6.08 Å². The van der Waals surface area contributed by atoms with Crippen LogP contribution in [0.2, 0.25) is 4.82 Å². The standard InChI is InChI=1S/C31H46O5Se/c1-5-6-13-23(2)22-26(33)20-18-25-19-21-29(36-24(3)32)28(25)16-11-8-12-17-30(31(34)35-4)37-27-14-9-7-10-15-27/h7,9-10,14-15,18,20,23,25,28-30H,5-6,8,11-13,16-17,19,21-22H2,1-4H3/b20-18+/t23-,25+,28+,29-,30?/m0/s1. The summed E-state index contributed by atoms with van der Waals surface area (Å²) in [6.07, 6.45) is 14.4. The van der Waals surface area contributed by atoms with Crippen LogP contribution < -0.4 is 4.46 Å². The number of carbonyl (C=O) groups is 3. The Kier molecular flexibility index (Phi) is 14.9. The van der Waals surface area contributed by atoms with Crippen LogP contribution in [0.1, 0.15) is 91.4 Å². The quantitative estimate of drug-likeness (QED) is 0.0951.